The Morgan fingerprint density at radius 1 is 1.00 bits per heavy atom. The van der Waals surface area contributed by atoms with E-state index in [0.717, 1.165) is 11.3 Å². The number of rotatable bonds is 6. The standard InChI is InChI=1S/C23H22ClFN2O3S/c24-18-3-1-2-17(14-18)15-31(29)16-21-8-9-22(30-21)23(28)27-12-10-26(11-13-27)20-6-4-19(25)5-7-20/h1-9,14H,10-13,15-16H2/t31-/m1/s1. The molecule has 0 unspecified atom stereocenters. The summed E-state index contributed by atoms with van der Waals surface area (Å²) in [6.07, 6.45) is 0. The molecule has 1 aromatic heterocycles. The average Bonchev–Trinajstić information content (AvgIpc) is 3.22. The molecular formula is C23H22ClFN2O3S. The molecule has 4 rings (SSSR count). The van der Waals surface area contributed by atoms with E-state index in [0.29, 0.717) is 42.7 Å². The van der Waals surface area contributed by atoms with Gasteiger partial charge in [0.05, 0.1) is 5.75 Å². The smallest absolute Gasteiger partial charge is 0.289 e. The average molecular weight is 461 g/mol. The van der Waals surface area contributed by atoms with Gasteiger partial charge < -0.3 is 14.2 Å². The first-order chi connectivity index (χ1) is 15.0. The van der Waals surface area contributed by atoms with Crippen molar-refractivity contribution < 1.29 is 17.8 Å². The number of furan rings is 1. The highest BCUT2D eigenvalue weighted by molar-refractivity contribution is 7.83. The molecule has 5 nitrogen and oxygen atoms in total. The number of halogens is 2. The first-order valence-corrected chi connectivity index (χ1v) is 11.8. The van der Waals surface area contributed by atoms with Gasteiger partial charge in [-0.3, -0.25) is 9.00 Å². The molecule has 0 radical (unpaired) electrons. The van der Waals surface area contributed by atoms with Crippen molar-refractivity contribution in [2.75, 3.05) is 31.1 Å². The zero-order chi connectivity index (χ0) is 21.8. The fourth-order valence-corrected chi connectivity index (χ4v) is 4.91. The SMILES string of the molecule is O=C(c1ccc(C[S@](=O)Cc2cccc(Cl)c2)o1)N1CCN(c2ccc(F)cc2)CC1. The summed E-state index contributed by atoms with van der Waals surface area (Å²) in [5.74, 6) is 0.942. The largest absolute Gasteiger partial charge is 0.455 e. The minimum absolute atomic E-state index is 0.175. The van der Waals surface area contributed by atoms with E-state index < -0.39 is 10.8 Å². The van der Waals surface area contributed by atoms with Crippen molar-refractivity contribution in [1.82, 2.24) is 4.90 Å². The molecule has 1 aliphatic rings. The number of nitrogens with zero attached hydrogens (tertiary/aromatic N) is 2. The van der Waals surface area contributed by atoms with Crippen molar-refractivity contribution in [3.63, 3.8) is 0 Å². The summed E-state index contributed by atoms with van der Waals surface area (Å²) in [4.78, 5) is 16.7. The fourth-order valence-electron chi connectivity index (χ4n) is 3.57. The summed E-state index contributed by atoms with van der Waals surface area (Å²) in [6, 6.07) is 17.0. The zero-order valence-corrected chi connectivity index (χ0v) is 18.4. The number of anilines is 1. The van der Waals surface area contributed by atoms with E-state index in [9.17, 15) is 13.4 Å². The first kappa shape index (κ1) is 21.6. The summed E-state index contributed by atoms with van der Waals surface area (Å²) in [5.41, 5.74) is 1.84. The van der Waals surface area contributed by atoms with Crippen LogP contribution >= 0.6 is 11.6 Å². The Bertz CT molecular complexity index is 1080. The summed E-state index contributed by atoms with van der Waals surface area (Å²) in [5, 5.41) is 0.611. The van der Waals surface area contributed by atoms with Crippen molar-refractivity contribution >= 4 is 34.0 Å². The molecular weight excluding hydrogens is 439 g/mol. The van der Waals surface area contributed by atoms with Gasteiger partial charge in [0.1, 0.15) is 11.6 Å². The third kappa shape index (κ3) is 5.54. The van der Waals surface area contributed by atoms with Crippen LogP contribution in [0.25, 0.3) is 0 Å². The molecule has 0 N–H and O–H groups in total. The molecule has 2 aromatic carbocycles. The monoisotopic (exact) mass is 460 g/mol. The van der Waals surface area contributed by atoms with Crippen LogP contribution in [0.2, 0.25) is 5.02 Å². The Hall–Kier alpha value is -2.64. The predicted molar refractivity (Wildman–Crippen MR) is 120 cm³/mol. The van der Waals surface area contributed by atoms with Crippen molar-refractivity contribution in [2.45, 2.75) is 11.5 Å². The van der Waals surface area contributed by atoms with Crippen LogP contribution in [0, 0.1) is 5.82 Å². The van der Waals surface area contributed by atoms with E-state index >= 15 is 0 Å². The Balaban J connectivity index is 1.31. The maximum absolute atomic E-state index is 13.1. The Labute approximate surface area is 187 Å². The van der Waals surface area contributed by atoms with E-state index in [4.69, 9.17) is 16.0 Å². The molecule has 1 saturated heterocycles. The Kier molecular flexibility index (Phi) is 6.73. The van der Waals surface area contributed by atoms with Crippen LogP contribution in [0.15, 0.2) is 65.1 Å². The second kappa shape index (κ2) is 9.66. The second-order valence-corrected chi connectivity index (χ2v) is 9.27. The van der Waals surface area contributed by atoms with Gasteiger partial charge in [0.15, 0.2) is 5.76 Å². The summed E-state index contributed by atoms with van der Waals surface area (Å²) >= 11 is 5.97. The third-order valence-corrected chi connectivity index (χ3v) is 6.65. The van der Waals surface area contributed by atoms with Crippen LogP contribution in [0.3, 0.4) is 0 Å². The highest BCUT2D eigenvalue weighted by atomic mass is 35.5. The van der Waals surface area contributed by atoms with Crippen molar-refractivity contribution in [3.8, 4) is 0 Å². The van der Waals surface area contributed by atoms with Gasteiger partial charge >= 0.3 is 0 Å². The molecule has 0 spiro atoms. The molecule has 0 saturated carbocycles. The topological polar surface area (TPSA) is 53.8 Å². The van der Waals surface area contributed by atoms with Crippen LogP contribution in [-0.4, -0.2) is 41.2 Å². The summed E-state index contributed by atoms with van der Waals surface area (Å²) < 4.78 is 31.2. The molecule has 8 heteroatoms. The second-order valence-electron chi connectivity index (χ2n) is 7.38. The van der Waals surface area contributed by atoms with Crippen molar-refractivity contribution in [3.05, 3.63) is 88.6 Å². The molecule has 0 aliphatic carbocycles. The normalized spacial score (nSPS) is 15.2. The van der Waals surface area contributed by atoms with E-state index in [1.165, 1.54) is 12.1 Å². The first-order valence-electron chi connectivity index (χ1n) is 9.96. The van der Waals surface area contributed by atoms with Gasteiger partial charge in [-0.15, -0.1) is 0 Å². The van der Waals surface area contributed by atoms with E-state index in [2.05, 4.69) is 4.90 Å². The molecule has 0 bridgehead atoms. The predicted octanol–water partition coefficient (Wildman–Crippen LogP) is 4.48. The third-order valence-electron chi connectivity index (χ3n) is 5.15. The number of benzene rings is 2. The molecule has 162 valence electrons. The zero-order valence-electron chi connectivity index (χ0n) is 16.8. The number of amides is 1. The van der Waals surface area contributed by atoms with Crippen molar-refractivity contribution in [1.29, 1.82) is 0 Å². The summed E-state index contributed by atoms with van der Waals surface area (Å²) in [6.45, 7) is 2.42. The number of carbonyl (C=O) groups is 1. The maximum Gasteiger partial charge on any atom is 0.289 e. The van der Waals surface area contributed by atoms with Crippen LogP contribution in [0.5, 0.6) is 0 Å². The van der Waals surface area contributed by atoms with Crippen LogP contribution in [0.1, 0.15) is 21.9 Å². The number of carbonyl (C=O) groups excluding carboxylic acids is 1. The molecule has 3 aromatic rings. The highest BCUT2D eigenvalue weighted by Gasteiger charge is 2.24. The molecule has 1 fully saturated rings. The van der Waals surface area contributed by atoms with E-state index in [1.54, 1.807) is 41.3 Å². The number of hydrogen-bond acceptors (Lipinski definition) is 4. The highest BCUT2D eigenvalue weighted by Crippen LogP contribution is 2.20. The van der Waals surface area contributed by atoms with Gasteiger partial charge in [-0.05, 0) is 54.1 Å². The number of hydrogen-bond donors (Lipinski definition) is 0. The van der Waals surface area contributed by atoms with Gasteiger partial charge in [-0.1, -0.05) is 23.7 Å². The summed E-state index contributed by atoms with van der Waals surface area (Å²) in [7, 11) is -1.17. The fraction of sp³-hybridized carbons (Fsp3) is 0.261. The van der Waals surface area contributed by atoms with E-state index in [-0.39, 0.29) is 23.2 Å². The quantitative estimate of drug-likeness (QED) is 0.544. The lowest BCUT2D eigenvalue weighted by Gasteiger charge is -2.35. The molecule has 2 heterocycles. The van der Waals surface area contributed by atoms with Gasteiger partial charge in [0.2, 0.25) is 0 Å². The van der Waals surface area contributed by atoms with Crippen molar-refractivity contribution in [2.24, 2.45) is 0 Å². The maximum atomic E-state index is 13.1. The van der Waals surface area contributed by atoms with Crippen LogP contribution in [-0.2, 0) is 22.3 Å². The lowest BCUT2D eigenvalue weighted by Crippen LogP contribution is -2.48. The molecule has 1 amide bonds. The van der Waals surface area contributed by atoms with Gasteiger partial charge in [-0.25, -0.2) is 4.39 Å². The Morgan fingerprint density at radius 2 is 1.74 bits per heavy atom. The molecule has 31 heavy (non-hydrogen) atoms. The van der Waals surface area contributed by atoms with Crippen LogP contribution < -0.4 is 4.90 Å². The Morgan fingerprint density at radius 3 is 2.45 bits per heavy atom. The minimum Gasteiger partial charge on any atom is -0.455 e. The lowest BCUT2D eigenvalue weighted by atomic mass is 10.2. The minimum atomic E-state index is -1.17. The van der Waals surface area contributed by atoms with Gasteiger partial charge in [-0.2, -0.15) is 0 Å². The van der Waals surface area contributed by atoms with Gasteiger partial charge in [0.25, 0.3) is 5.91 Å². The lowest BCUT2D eigenvalue weighted by molar-refractivity contribution is 0.0713. The van der Waals surface area contributed by atoms with E-state index in [1.807, 2.05) is 12.1 Å². The number of piperazine rings is 1. The van der Waals surface area contributed by atoms with Gasteiger partial charge in [0, 0.05) is 53.4 Å². The van der Waals surface area contributed by atoms with Crippen LogP contribution in [0.4, 0.5) is 10.1 Å². The molecule has 1 aliphatic heterocycles. The molecule has 1 atom stereocenters.